The van der Waals surface area contributed by atoms with Crippen LogP contribution in [-0.2, 0) is 4.74 Å². The molecular weight excluding hydrogens is 283 g/mol. The van der Waals surface area contributed by atoms with Crippen molar-refractivity contribution in [2.45, 2.75) is 19.1 Å². The van der Waals surface area contributed by atoms with Crippen LogP contribution in [0.1, 0.15) is 19.1 Å². The Kier molecular flexibility index (Phi) is 2.63. The zero-order chi connectivity index (χ0) is 9.26. The highest BCUT2D eigenvalue weighted by molar-refractivity contribution is 14.1. The summed E-state index contributed by atoms with van der Waals surface area (Å²) >= 11 is 2.07. The smallest absolute Gasteiger partial charge is 0.270 e. The molecule has 5 heteroatoms. The van der Waals surface area contributed by atoms with E-state index in [0.29, 0.717) is 0 Å². The van der Waals surface area contributed by atoms with Gasteiger partial charge < -0.3 is 4.74 Å². The van der Waals surface area contributed by atoms with Crippen molar-refractivity contribution >= 4 is 22.6 Å². The molecule has 0 bridgehead atoms. The first-order valence-electron chi connectivity index (χ1n) is 4.13. The quantitative estimate of drug-likeness (QED) is 0.730. The molecule has 1 aliphatic rings. The first kappa shape index (κ1) is 9.14. The van der Waals surface area contributed by atoms with Crippen molar-refractivity contribution in [2.24, 2.45) is 0 Å². The van der Waals surface area contributed by atoms with Crippen LogP contribution in [0.4, 0.5) is 0 Å². The number of ether oxygens (including phenoxy) is 1. The third-order valence-corrected chi connectivity index (χ3v) is 2.56. The molecule has 1 aromatic rings. The largest absolute Gasteiger partial charge is 0.356 e. The Hall–Kier alpha value is -0.430. The molecule has 0 N–H and O–H groups in total. The van der Waals surface area contributed by atoms with Gasteiger partial charge in [-0.25, -0.2) is 4.68 Å². The molecule has 1 atom stereocenters. The molecule has 0 saturated carbocycles. The number of halogens is 1. The number of nitrogens with zero attached hydrogens (tertiary/aromatic N) is 2. The number of aromatic nitrogens is 2. The minimum atomic E-state index is -0.149. The summed E-state index contributed by atoms with van der Waals surface area (Å²) in [7, 11) is 0. The maximum absolute atomic E-state index is 11.4. The second-order valence-corrected chi connectivity index (χ2v) is 4.17. The highest BCUT2D eigenvalue weighted by Crippen LogP contribution is 2.19. The van der Waals surface area contributed by atoms with Crippen LogP contribution in [0.15, 0.2) is 17.1 Å². The Labute approximate surface area is 89.0 Å². The maximum Gasteiger partial charge on any atom is 0.270 e. The Balaban J connectivity index is 2.34. The number of hydrogen-bond acceptors (Lipinski definition) is 3. The highest BCUT2D eigenvalue weighted by Gasteiger charge is 2.18. The summed E-state index contributed by atoms with van der Waals surface area (Å²) in [5, 5.41) is 4.03. The monoisotopic (exact) mass is 292 g/mol. The van der Waals surface area contributed by atoms with Crippen molar-refractivity contribution in [2.75, 3.05) is 6.61 Å². The van der Waals surface area contributed by atoms with Crippen molar-refractivity contribution in [1.82, 2.24) is 9.78 Å². The third-order valence-electron chi connectivity index (χ3n) is 1.97. The first-order valence-corrected chi connectivity index (χ1v) is 5.21. The minimum Gasteiger partial charge on any atom is -0.356 e. The zero-order valence-electron chi connectivity index (χ0n) is 6.94. The van der Waals surface area contributed by atoms with Gasteiger partial charge in [0.05, 0.1) is 6.20 Å². The van der Waals surface area contributed by atoms with Gasteiger partial charge in [0.2, 0.25) is 0 Å². The van der Waals surface area contributed by atoms with Gasteiger partial charge >= 0.3 is 0 Å². The molecule has 4 nitrogen and oxygen atoms in total. The summed E-state index contributed by atoms with van der Waals surface area (Å²) in [5.74, 6) is 0. The Morgan fingerprint density at radius 1 is 1.69 bits per heavy atom. The molecule has 0 amide bonds. The zero-order valence-corrected chi connectivity index (χ0v) is 9.10. The molecule has 1 saturated heterocycles. The summed E-state index contributed by atoms with van der Waals surface area (Å²) in [6.45, 7) is 0.727. The summed E-state index contributed by atoms with van der Waals surface area (Å²) in [6, 6.07) is 1.56. The van der Waals surface area contributed by atoms with Gasteiger partial charge in [0.1, 0.15) is 0 Å². The van der Waals surface area contributed by atoms with Gasteiger partial charge in [-0.2, -0.15) is 5.10 Å². The molecule has 1 unspecified atom stereocenters. The van der Waals surface area contributed by atoms with Crippen LogP contribution in [0, 0.1) is 3.57 Å². The van der Waals surface area contributed by atoms with Crippen LogP contribution in [0.25, 0.3) is 0 Å². The molecule has 70 valence electrons. The van der Waals surface area contributed by atoms with E-state index >= 15 is 0 Å². The Morgan fingerprint density at radius 3 is 3.15 bits per heavy atom. The van der Waals surface area contributed by atoms with E-state index < -0.39 is 0 Å². The Morgan fingerprint density at radius 2 is 2.54 bits per heavy atom. The lowest BCUT2D eigenvalue weighted by Gasteiger charge is -2.10. The van der Waals surface area contributed by atoms with E-state index in [4.69, 9.17) is 4.74 Å². The lowest BCUT2D eigenvalue weighted by molar-refractivity contribution is 0.0426. The van der Waals surface area contributed by atoms with E-state index in [2.05, 4.69) is 27.7 Å². The molecule has 1 fully saturated rings. The second-order valence-electron chi connectivity index (χ2n) is 2.92. The van der Waals surface area contributed by atoms with Crippen molar-refractivity contribution in [3.63, 3.8) is 0 Å². The number of rotatable bonds is 1. The van der Waals surface area contributed by atoms with Crippen LogP contribution in [0.3, 0.4) is 0 Å². The van der Waals surface area contributed by atoms with E-state index in [0.717, 1.165) is 23.0 Å². The fourth-order valence-corrected chi connectivity index (χ4v) is 1.76. The van der Waals surface area contributed by atoms with Crippen LogP contribution in [0.5, 0.6) is 0 Å². The molecular formula is C8H9IN2O2. The molecule has 1 aliphatic heterocycles. The fourth-order valence-electron chi connectivity index (χ4n) is 1.37. The standard InChI is InChI=1S/C8H9IN2O2/c9-6-4-7(12)11(10-5-6)8-2-1-3-13-8/h4-5,8H,1-3H2. The van der Waals surface area contributed by atoms with Crippen LogP contribution in [0.2, 0.25) is 0 Å². The van der Waals surface area contributed by atoms with Gasteiger partial charge in [0.25, 0.3) is 5.56 Å². The summed E-state index contributed by atoms with van der Waals surface area (Å²) < 4.78 is 7.63. The average Bonchev–Trinajstić information content (AvgIpc) is 2.56. The molecule has 1 aromatic heterocycles. The minimum absolute atomic E-state index is 0.0844. The molecule has 0 aliphatic carbocycles. The van der Waals surface area contributed by atoms with Crippen molar-refractivity contribution in [3.8, 4) is 0 Å². The van der Waals surface area contributed by atoms with E-state index in [1.165, 1.54) is 4.68 Å². The number of hydrogen-bond donors (Lipinski definition) is 0. The lowest BCUT2D eigenvalue weighted by atomic mass is 10.3. The van der Waals surface area contributed by atoms with E-state index in [9.17, 15) is 4.79 Å². The fraction of sp³-hybridized carbons (Fsp3) is 0.500. The lowest BCUT2D eigenvalue weighted by Crippen LogP contribution is -2.26. The third kappa shape index (κ3) is 1.91. The first-order chi connectivity index (χ1) is 6.27. The van der Waals surface area contributed by atoms with Crippen molar-refractivity contribution in [3.05, 3.63) is 26.2 Å². The Bertz CT molecular complexity index is 357. The highest BCUT2D eigenvalue weighted by atomic mass is 127. The topological polar surface area (TPSA) is 44.1 Å². The van der Waals surface area contributed by atoms with E-state index in [-0.39, 0.29) is 11.8 Å². The summed E-state index contributed by atoms with van der Waals surface area (Å²) in [6.07, 6.45) is 3.41. The van der Waals surface area contributed by atoms with Crippen LogP contribution in [-0.4, -0.2) is 16.4 Å². The van der Waals surface area contributed by atoms with Crippen molar-refractivity contribution in [1.29, 1.82) is 0 Å². The van der Waals surface area contributed by atoms with Gasteiger partial charge in [-0.05, 0) is 35.4 Å². The molecule has 2 rings (SSSR count). The predicted octanol–water partition coefficient (Wildman–Crippen LogP) is 1.16. The SMILES string of the molecule is O=c1cc(I)cnn1C1CCCO1. The van der Waals surface area contributed by atoms with Gasteiger partial charge in [-0.15, -0.1) is 0 Å². The molecule has 0 spiro atoms. The van der Waals surface area contributed by atoms with Gasteiger partial charge in [0.15, 0.2) is 6.23 Å². The van der Waals surface area contributed by atoms with Gasteiger partial charge in [-0.1, -0.05) is 0 Å². The van der Waals surface area contributed by atoms with Crippen LogP contribution < -0.4 is 5.56 Å². The second kappa shape index (κ2) is 3.75. The predicted molar refractivity (Wildman–Crippen MR) is 55.4 cm³/mol. The van der Waals surface area contributed by atoms with Gasteiger partial charge in [-0.3, -0.25) is 4.79 Å². The summed E-state index contributed by atoms with van der Waals surface area (Å²) in [5.41, 5.74) is -0.0844. The average molecular weight is 292 g/mol. The van der Waals surface area contributed by atoms with Crippen LogP contribution >= 0.6 is 22.6 Å². The maximum atomic E-state index is 11.4. The molecule has 0 aromatic carbocycles. The van der Waals surface area contributed by atoms with Gasteiger partial charge in [0, 0.05) is 16.2 Å². The van der Waals surface area contributed by atoms with E-state index in [1.54, 1.807) is 12.3 Å². The normalized spacial score (nSPS) is 22.1. The molecule has 2 heterocycles. The van der Waals surface area contributed by atoms with Crippen molar-refractivity contribution < 1.29 is 4.74 Å². The molecule has 13 heavy (non-hydrogen) atoms. The van der Waals surface area contributed by atoms with E-state index in [1.807, 2.05) is 0 Å². The summed E-state index contributed by atoms with van der Waals surface area (Å²) in [4.78, 5) is 11.4. The molecule has 0 radical (unpaired) electrons.